The molecule has 2 aromatic heterocycles. The van der Waals surface area contributed by atoms with E-state index in [0.717, 1.165) is 50.3 Å². The quantitative estimate of drug-likeness (QED) is 0.862. The Hall–Kier alpha value is -1.69. The number of nitrogens with zero attached hydrogens (tertiary/aromatic N) is 5. The SMILES string of the molecule is Cc1cc(N2CCC3(O)CCCCC3C2)n2ncnc2n1. The van der Waals surface area contributed by atoms with Gasteiger partial charge in [-0.25, -0.2) is 4.98 Å². The molecule has 2 unspecified atom stereocenters. The van der Waals surface area contributed by atoms with E-state index in [9.17, 15) is 5.11 Å². The average Bonchev–Trinajstić information content (AvgIpc) is 2.93. The Morgan fingerprint density at radius 3 is 3.14 bits per heavy atom. The van der Waals surface area contributed by atoms with E-state index < -0.39 is 5.60 Å². The second-order valence-corrected chi connectivity index (χ2v) is 6.47. The molecule has 1 N–H and O–H groups in total. The Morgan fingerprint density at radius 2 is 2.24 bits per heavy atom. The van der Waals surface area contributed by atoms with Crippen LogP contribution in [0.2, 0.25) is 0 Å². The fourth-order valence-electron chi connectivity index (χ4n) is 3.92. The summed E-state index contributed by atoms with van der Waals surface area (Å²) in [5.41, 5.74) is 0.508. The van der Waals surface area contributed by atoms with Crippen molar-refractivity contribution >= 4 is 11.6 Å². The number of fused-ring (bicyclic) bond motifs is 2. The second-order valence-electron chi connectivity index (χ2n) is 6.47. The van der Waals surface area contributed by atoms with Gasteiger partial charge in [0.25, 0.3) is 5.78 Å². The molecule has 2 fully saturated rings. The third kappa shape index (κ3) is 2.09. The molecule has 2 aliphatic rings. The van der Waals surface area contributed by atoms with Crippen LogP contribution in [0.25, 0.3) is 5.78 Å². The number of aliphatic hydroxyl groups is 1. The van der Waals surface area contributed by atoms with Crippen molar-refractivity contribution in [3.05, 3.63) is 18.1 Å². The molecule has 6 nitrogen and oxygen atoms in total. The molecular formula is C15H21N5O. The minimum absolute atomic E-state index is 0.368. The molecule has 2 aromatic rings. The molecule has 6 heteroatoms. The van der Waals surface area contributed by atoms with Crippen LogP contribution in [0.15, 0.2) is 12.4 Å². The lowest BCUT2D eigenvalue weighted by Crippen LogP contribution is -2.53. The van der Waals surface area contributed by atoms with Gasteiger partial charge in [0.1, 0.15) is 12.1 Å². The molecular weight excluding hydrogens is 266 g/mol. The second kappa shape index (κ2) is 4.66. The maximum Gasteiger partial charge on any atom is 0.254 e. The number of piperidine rings is 1. The number of rotatable bonds is 1. The number of aromatic nitrogens is 4. The highest BCUT2D eigenvalue weighted by molar-refractivity contribution is 5.47. The van der Waals surface area contributed by atoms with Crippen molar-refractivity contribution in [2.24, 2.45) is 5.92 Å². The lowest BCUT2D eigenvalue weighted by atomic mass is 9.71. The maximum absolute atomic E-state index is 10.8. The topological polar surface area (TPSA) is 66.5 Å². The third-order valence-corrected chi connectivity index (χ3v) is 5.11. The van der Waals surface area contributed by atoms with E-state index in [0.29, 0.717) is 11.7 Å². The molecule has 0 spiro atoms. The van der Waals surface area contributed by atoms with Crippen LogP contribution < -0.4 is 4.90 Å². The summed E-state index contributed by atoms with van der Waals surface area (Å²) < 4.78 is 1.81. The largest absolute Gasteiger partial charge is 0.389 e. The van der Waals surface area contributed by atoms with E-state index >= 15 is 0 Å². The van der Waals surface area contributed by atoms with Crippen molar-refractivity contribution in [2.75, 3.05) is 18.0 Å². The van der Waals surface area contributed by atoms with Gasteiger partial charge in [-0.05, 0) is 26.2 Å². The van der Waals surface area contributed by atoms with Gasteiger partial charge in [0.15, 0.2) is 0 Å². The van der Waals surface area contributed by atoms with E-state index in [1.165, 1.54) is 6.42 Å². The summed E-state index contributed by atoms with van der Waals surface area (Å²) in [6.45, 7) is 3.75. The average molecular weight is 287 g/mol. The predicted octanol–water partition coefficient (Wildman–Crippen LogP) is 1.56. The number of hydrogen-bond donors (Lipinski definition) is 1. The zero-order valence-corrected chi connectivity index (χ0v) is 12.4. The van der Waals surface area contributed by atoms with Crippen molar-refractivity contribution < 1.29 is 5.11 Å². The van der Waals surface area contributed by atoms with Gasteiger partial charge in [-0.3, -0.25) is 0 Å². The van der Waals surface area contributed by atoms with Crippen molar-refractivity contribution in [2.45, 2.75) is 44.6 Å². The van der Waals surface area contributed by atoms with E-state index in [2.05, 4.69) is 26.0 Å². The molecule has 1 aliphatic heterocycles. The zero-order valence-electron chi connectivity index (χ0n) is 12.4. The summed E-state index contributed by atoms with van der Waals surface area (Å²) in [6, 6.07) is 2.06. The van der Waals surface area contributed by atoms with Crippen LogP contribution in [-0.2, 0) is 0 Å². The normalized spacial score (nSPS) is 29.6. The van der Waals surface area contributed by atoms with Gasteiger partial charge in [0.05, 0.1) is 5.60 Å². The van der Waals surface area contributed by atoms with Crippen molar-refractivity contribution in [1.82, 2.24) is 19.6 Å². The van der Waals surface area contributed by atoms with Gasteiger partial charge < -0.3 is 10.0 Å². The molecule has 1 aliphatic carbocycles. The Kier molecular flexibility index (Phi) is 2.89. The highest BCUT2D eigenvalue weighted by Gasteiger charge is 2.43. The molecule has 0 bridgehead atoms. The van der Waals surface area contributed by atoms with Crippen molar-refractivity contribution in [3.8, 4) is 0 Å². The number of aryl methyl sites for hydroxylation is 1. The molecule has 4 rings (SSSR count). The Morgan fingerprint density at radius 1 is 1.33 bits per heavy atom. The van der Waals surface area contributed by atoms with Crippen LogP contribution >= 0.6 is 0 Å². The van der Waals surface area contributed by atoms with Crippen molar-refractivity contribution in [1.29, 1.82) is 0 Å². The van der Waals surface area contributed by atoms with Gasteiger partial charge in [-0.1, -0.05) is 12.8 Å². The molecule has 3 heterocycles. The summed E-state index contributed by atoms with van der Waals surface area (Å²) >= 11 is 0. The summed E-state index contributed by atoms with van der Waals surface area (Å²) in [5, 5.41) is 15.1. The smallest absolute Gasteiger partial charge is 0.254 e. The summed E-state index contributed by atoms with van der Waals surface area (Å²) in [5.74, 6) is 2.06. The first-order chi connectivity index (χ1) is 10.2. The molecule has 21 heavy (non-hydrogen) atoms. The first-order valence-electron chi connectivity index (χ1n) is 7.80. The Bertz CT molecular complexity index is 669. The molecule has 112 valence electrons. The summed E-state index contributed by atoms with van der Waals surface area (Å²) in [4.78, 5) is 10.9. The summed E-state index contributed by atoms with van der Waals surface area (Å²) in [6.07, 6.45) is 6.86. The van der Waals surface area contributed by atoms with Crippen LogP contribution in [0.3, 0.4) is 0 Å². The van der Waals surface area contributed by atoms with E-state index in [1.54, 1.807) is 10.8 Å². The fraction of sp³-hybridized carbons (Fsp3) is 0.667. The van der Waals surface area contributed by atoms with Crippen molar-refractivity contribution in [3.63, 3.8) is 0 Å². The van der Waals surface area contributed by atoms with Crippen LogP contribution in [-0.4, -0.2) is 43.4 Å². The van der Waals surface area contributed by atoms with Gasteiger partial charge in [0, 0.05) is 30.8 Å². The first-order valence-corrected chi connectivity index (χ1v) is 7.80. The van der Waals surface area contributed by atoms with Gasteiger partial charge >= 0.3 is 0 Å². The zero-order chi connectivity index (χ0) is 14.4. The lowest BCUT2D eigenvalue weighted by Gasteiger charge is -2.47. The number of hydrogen-bond acceptors (Lipinski definition) is 5. The van der Waals surface area contributed by atoms with E-state index in [1.807, 2.05) is 6.92 Å². The van der Waals surface area contributed by atoms with Crippen LogP contribution in [0.1, 0.15) is 37.8 Å². The van der Waals surface area contributed by atoms with E-state index in [-0.39, 0.29) is 0 Å². The minimum atomic E-state index is -0.446. The Labute approximate surface area is 123 Å². The molecule has 0 aromatic carbocycles. The first kappa shape index (κ1) is 13.0. The summed E-state index contributed by atoms with van der Waals surface area (Å²) in [7, 11) is 0. The van der Waals surface area contributed by atoms with Crippen LogP contribution in [0.5, 0.6) is 0 Å². The van der Waals surface area contributed by atoms with Crippen LogP contribution in [0, 0.1) is 12.8 Å². The highest BCUT2D eigenvalue weighted by atomic mass is 16.3. The molecule has 0 radical (unpaired) electrons. The minimum Gasteiger partial charge on any atom is -0.389 e. The maximum atomic E-state index is 10.8. The van der Waals surface area contributed by atoms with Crippen LogP contribution in [0.4, 0.5) is 5.82 Å². The van der Waals surface area contributed by atoms with Gasteiger partial charge in [-0.2, -0.15) is 14.6 Å². The van der Waals surface area contributed by atoms with E-state index in [4.69, 9.17) is 0 Å². The molecule has 0 amide bonds. The number of anilines is 1. The standard InChI is InChI=1S/C15H21N5O/c1-11-8-13(20-14(18-11)16-10-17-20)19-7-6-15(21)5-3-2-4-12(15)9-19/h8,10,12,21H,2-7,9H2,1H3. The van der Waals surface area contributed by atoms with Gasteiger partial charge in [0.2, 0.25) is 0 Å². The van der Waals surface area contributed by atoms with Gasteiger partial charge in [-0.15, -0.1) is 0 Å². The predicted molar refractivity (Wildman–Crippen MR) is 79.3 cm³/mol. The lowest BCUT2D eigenvalue weighted by molar-refractivity contribution is -0.0614. The highest BCUT2D eigenvalue weighted by Crippen LogP contribution is 2.40. The monoisotopic (exact) mass is 287 g/mol. The molecule has 1 saturated carbocycles. The third-order valence-electron chi connectivity index (χ3n) is 5.11. The Balaban J connectivity index is 1.68. The fourth-order valence-corrected chi connectivity index (χ4v) is 3.92. The molecule has 1 saturated heterocycles. The molecule has 2 atom stereocenters.